The average Bonchev–Trinajstić information content (AvgIpc) is 3.06. The van der Waals surface area contributed by atoms with Gasteiger partial charge in [0.05, 0.1) is 24.3 Å². The Morgan fingerprint density at radius 1 is 1.26 bits per heavy atom. The number of aromatic nitrogens is 2. The number of rotatable bonds is 7. The van der Waals surface area contributed by atoms with Crippen LogP contribution in [-0.2, 0) is 37.5 Å². The summed E-state index contributed by atoms with van der Waals surface area (Å²) < 4.78 is 40.5. The Morgan fingerprint density at radius 2 is 1.97 bits per heavy atom. The summed E-state index contributed by atoms with van der Waals surface area (Å²) in [6.45, 7) is 2.46. The molecule has 1 heterocycles. The molecule has 2 rings (SSSR count). The maximum atomic E-state index is 12.9. The summed E-state index contributed by atoms with van der Waals surface area (Å²) in [5.74, 6) is 0.174. The fourth-order valence-corrected chi connectivity index (χ4v) is 2.72. The van der Waals surface area contributed by atoms with Crippen LogP contribution in [0.2, 0.25) is 0 Å². The van der Waals surface area contributed by atoms with E-state index in [0.29, 0.717) is 18.1 Å². The van der Waals surface area contributed by atoms with Crippen molar-refractivity contribution in [2.45, 2.75) is 32.6 Å². The Kier molecular flexibility index (Phi) is 10.3. The number of aliphatic imine (C=N–C) groups is 1. The number of carbonyl (C=O) groups is 1. The first-order valence-corrected chi connectivity index (χ1v) is 9.50. The molecular formula is C20H28F3IN6O. The molecule has 0 aliphatic rings. The van der Waals surface area contributed by atoms with Crippen molar-refractivity contribution in [2.24, 2.45) is 12.0 Å². The molecule has 0 saturated heterocycles. The molecule has 0 saturated carbocycles. The van der Waals surface area contributed by atoms with E-state index in [1.807, 2.05) is 20.2 Å². The lowest BCUT2D eigenvalue weighted by Gasteiger charge is -2.15. The third-order valence-corrected chi connectivity index (χ3v) is 4.35. The molecule has 2 N–H and O–H groups in total. The molecule has 0 spiro atoms. The molecule has 0 aliphatic carbocycles. The molecule has 0 radical (unpaired) electrons. The predicted molar refractivity (Wildman–Crippen MR) is 124 cm³/mol. The first-order valence-electron chi connectivity index (χ1n) is 9.50. The summed E-state index contributed by atoms with van der Waals surface area (Å²) in [5, 5.41) is 10.4. The summed E-state index contributed by atoms with van der Waals surface area (Å²) in [6, 6.07) is 5.03. The van der Waals surface area contributed by atoms with Crippen LogP contribution >= 0.6 is 24.0 Å². The smallest absolute Gasteiger partial charge is 0.352 e. The Bertz CT molecular complexity index is 895. The predicted octanol–water partition coefficient (Wildman–Crippen LogP) is 2.94. The second-order valence-corrected chi connectivity index (χ2v) is 6.99. The first-order chi connectivity index (χ1) is 14.1. The topological polar surface area (TPSA) is 74.5 Å². The van der Waals surface area contributed by atoms with Gasteiger partial charge in [0.15, 0.2) is 5.96 Å². The number of alkyl halides is 3. The number of likely N-dealkylation sites (N-methyl/N-ethyl adjacent to an activating group) is 1. The largest absolute Gasteiger partial charge is 0.416 e. The maximum Gasteiger partial charge on any atom is 0.416 e. The van der Waals surface area contributed by atoms with Crippen LogP contribution < -0.4 is 10.6 Å². The molecule has 1 amide bonds. The number of benzene rings is 1. The van der Waals surface area contributed by atoms with Gasteiger partial charge >= 0.3 is 6.18 Å². The highest BCUT2D eigenvalue weighted by Gasteiger charge is 2.30. The monoisotopic (exact) mass is 552 g/mol. The van der Waals surface area contributed by atoms with Gasteiger partial charge in [-0.25, -0.2) is 4.99 Å². The van der Waals surface area contributed by atoms with Crippen LogP contribution in [0.1, 0.15) is 29.3 Å². The van der Waals surface area contributed by atoms with E-state index in [-0.39, 0.29) is 43.0 Å². The highest BCUT2D eigenvalue weighted by Crippen LogP contribution is 2.29. The lowest BCUT2D eigenvalue weighted by molar-refractivity contribution is -0.137. The van der Waals surface area contributed by atoms with Gasteiger partial charge in [-0.15, -0.1) is 24.0 Å². The number of nitrogens with one attached hydrogen (secondary N) is 2. The summed E-state index contributed by atoms with van der Waals surface area (Å²) in [6.07, 6.45) is -1.75. The van der Waals surface area contributed by atoms with Crippen molar-refractivity contribution in [1.29, 1.82) is 0 Å². The number of carbonyl (C=O) groups excluding carboxylic acids is 1. The van der Waals surface area contributed by atoms with Gasteiger partial charge in [-0.3, -0.25) is 9.48 Å². The highest BCUT2D eigenvalue weighted by atomic mass is 127. The van der Waals surface area contributed by atoms with E-state index in [1.54, 1.807) is 24.8 Å². The van der Waals surface area contributed by atoms with Crippen molar-refractivity contribution in [3.63, 3.8) is 0 Å². The molecule has 31 heavy (non-hydrogen) atoms. The Hall–Kier alpha value is -2.31. The molecule has 11 heteroatoms. The molecule has 0 aliphatic heterocycles. The van der Waals surface area contributed by atoms with E-state index in [0.717, 1.165) is 29.8 Å². The number of halogens is 4. The van der Waals surface area contributed by atoms with Crippen LogP contribution in [0.15, 0.2) is 35.5 Å². The number of amides is 1. The molecule has 0 bridgehead atoms. The molecule has 0 atom stereocenters. The molecule has 7 nitrogen and oxygen atoms in total. The molecule has 0 unspecified atom stereocenters. The van der Waals surface area contributed by atoms with Crippen molar-refractivity contribution in [3.8, 4) is 0 Å². The van der Waals surface area contributed by atoms with E-state index < -0.39 is 11.7 Å². The van der Waals surface area contributed by atoms with Crippen molar-refractivity contribution in [2.75, 3.05) is 20.6 Å². The van der Waals surface area contributed by atoms with Crippen LogP contribution in [0, 0.1) is 0 Å². The Labute approximate surface area is 197 Å². The lowest BCUT2D eigenvalue weighted by Crippen LogP contribution is -2.42. The fraction of sp³-hybridized carbons (Fsp3) is 0.450. The number of nitrogens with zero attached hydrogens (tertiary/aromatic N) is 4. The van der Waals surface area contributed by atoms with Crippen LogP contribution in [0.5, 0.6) is 0 Å². The average molecular weight is 552 g/mol. The van der Waals surface area contributed by atoms with Crippen LogP contribution in [0.25, 0.3) is 0 Å². The molecule has 1 aromatic carbocycles. The van der Waals surface area contributed by atoms with Crippen molar-refractivity contribution in [3.05, 3.63) is 52.8 Å². The van der Waals surface area contributed by atoms with Crippen LogP contribution in [-0.4, -0.2) is 47.2 Å². The van der Waals surface area contributed by atoms with E-state index in [1.165, 1.54) is 11.0 Å². The quantitative estimate of drug-likeness (QED) is 0.315. The van der Waals surface area contributed by atoms with E-state index in [9.17, 15) is 18.0 Å². The van der Waals surface area contributed by atoms with Crippen molar-refractivity contribution >= 4 is 35.8 Å². The summed E-state index contributed by atoms with van der Waals surface area (Å²) >= 11 is 0. The van der Waals surface area contributed by atoms with Crippen LogP contribution in [0.4, 0.5) is 13.2 Å². The standard InChI is InChI=1S/C20H27F3N6O.HI/c1-5-17-15(13-29(4)27-17)11-25-19(26-12-18(30)28(2)3)24-10-14-7-6-8-16(9-14)20(21,22)23;/h6-9,13H,5,10-12H2,1-4H3,(H2,24,25,26);1H. The van der Waals surface area contributed by atoms with Gasteiger partial charge in [-0.1, -0.05) is 19.1 Å². The molecular weight excluding hydrogens is 524 g/mol. The second kappa shape index (κ2) is 11.9. The minimum Gasteiger partial charge on any atom is -0.352 e. The Balaban J connectivity index is 0.00000480. The normalized spacial score (nSPS) is 11.6. The minimum absolute atomic E-state index is 0. The van der Waals surface area contributed by atoms with Gasteiger partial charge in [0, 0.05) is 39.4 Å². The number of guanidine groups is 1. The third kappa shape index (κ3) is 8.38. The summed E-state index contributed by atoms with van der Waals surface area (Å²) in [5.41, 5.74) is 1.61. The van der Waals surface area contributed by atoms with Gasteiger partial charge in [0.2, 0.25) is 5.91 Å². The zero-order valence-corrected chi connectivity index (χ0v) is 20.3. The molecule has 0 fully saturated rings. The van der Waals surface area contributed by atoms with Crippen LogP contribution in [0.3, 0.4) is 0 Å². The van der Waals surface area contributed by atoms with Gasteiger partial charge in [-0.05, 0) is 24.1 Å². The second-order valence-electron chi connectivity index (χ2n) is 6.99. The van der Waals surface area contributed by atoms with Crippen molar-refractivity contribution < 1.29 is 18.0 Å². The van der Waals surface area contributed by atoms with Gasteiger partial charge < -0.3 is 15.5 Å². The third-order valence-electron chi connectivity index (χ3n) is 4.35. The highest BCUT2D eigenvalue weighted by molar-refractivity contribution is 14.0. The number of hydrogen-bond acceptors (Lipinski definition) is 3. The molecule has 2 aromatic rings. The maximum absolute atomic E-state index is 12.9. The van der Waals surface area contributed by atoms with E-state index >= 15 is 0 Å². The van der Waals surface area contributed by atoms with Gasteiger partial charge in [0.25, 0.3) is 0 Å². The zero-order valence-electron chi connectivity index (χ0n) is 18.0. The zero-order chi connectivity index (χ0) is 22.3. The number of hydrogen-bond donors (Lipinski definition) is 2. The lowest BCUT2D eigenvalue weighted by atomic mass is 10.1. The van der Waals surface area contributed by atoms with Crippen molar-refractivity contribution in [1.82, 2.24) is 25.3 Å². The molecule has 1 aromatic heterocycles. The Morgan fingerprint density at radius 3 is 2.58 bits per heavy atom. The van der Waals surface area contributed by atoms with E-state index in [2.05, 4.69) is 20.7 Å². The van der Waals surface area contributed by atoms with E-state index in [4.69, 9.17) is 0 Å². The summed E-state index contributed by atoms with van der Waals surface area (Å²) in [4.78, 5) is 17.7. The minimum atomic E-state index is -4.41. The molecule has 172 valence electrons. The summed E-state index contributed by atoms with van der Waals surface area (Å²) in [7, 11) is 5.11. The van der Waals surface area contributed by atoms with Gasteiger partial charge in [0.1, 0.15) is 0 Å². The SMILES string of the molecule is CCc1nn(C)cc1CNC(=NCc1cccc(C(F)(F)F)c1)NCC(=O)N(C)C.I. The fourth-order valence-electron chi connectivity index (χ4n) is 2.72. The van der Waals surface area contributed by atoms with Gasteiger partial charge in [-0.2, -0.15) is 18.3 Å². The first kappa shape index (κ1) is 26.7. The number of aryl methyl sites for hydroxylation is 2.